The summed E-state index contributed by atoms with van der Waals surface area (Å²) in [7, 11) is 0. The van der Waals surface area contributed by atoms with E-state index in [1.807, 2.05) is 6.08 Å². The molecule has 0 unspecified atom stereocenters. The Bertz CT molecular complexity index is 160. The molecular formula is C12H22ClN. The van der Waals surface area contributed by atoms with Crippen LogP contribution in [0.3, 0.4) is 0 Å². The van der Waals surface area contributed by atoms with Gasteiger partial charge in [0.1, 0.15) is 0 Å². The second-order valence-electron chi connectivity index (χ2n) is 4.48. The van der Waals surface area contributed by atoms with Gasteiger partial charge in [-0.3, -0.25) is 0 Å². The monoisotopic (exact) mass is 215 g/mol. The van der Waals surface area contributed by atoms with Crippen LogP contribution in [0.2, 0.25) is 0 Å². The van der Waals surface area contributed by atoms with E-state index in [9.17, 15) is 0 Å². The van der Waals surface area contributed by atoms with Crippen molar-refractivity contribution < 1.29 is 0 Å². The van der Waals surface area contributed by atoms with Crippen molar-refractivity contribution in [2.24, 2.45) is 11.8 Å². The van der Waals surface area contributed by atoms with Crippen LogP contribution in [-0.2, 0) is 0 Å². The van der Waals surface area contributed by atoms with Gasteiger partial charge in [-0.05, 0) is 24.8 Å². The lowest BCUT2D eigenvalue weighted by molar-refractivity contribution is 0.276. The van der Waals surface area contributed by atoms with Gasteiger partial charge in [-0.1, -0.05) is 50.3 Å². The second kappa shape index (κ2) is 7.30. The molecule has 0 aromatic heterocycles. The lowest BCUT2D eigenvalue weighted by Crippen LogP contribution is -2.20. The van der Waals surface area contributed by atoms with Crippen molar-refractivity contribution in [1.82, 2.24) is 5.32 Å². The molecule has 0 radical (unpaired) electrons. The summed E-state index contributed by atoms with van der Waals surface area (Å²) < 4.78 is 0. The maximum atomic E-state index is 5.42. The van der Waals surface area contributed by atoms with E-state index >= 15 is 0 Å². The van der Waals surface area contributed by atoms with Gasteiger partial charge >= 0.3 is 0 Å². The van der Waals surface area contributed by atoms with E-state index in [1.165, 1.54) is 32.1 Å². The summed E-state index contributed by atoms with van der Waals surface area (Å²) in [6.45, 7) is 4.42. The molecule has 0 amide bonds. The highest BCUT2D eigenvalue weighted by Gasteiger charge is 2.17. The van der Waals surface area contributed by atoms with Crippen molar-refractivity contribution in [2.75, 3.05) is 13.1 Å². The standard InChI is InChI=1S/C12H22ClN/c1-11-3-5-12(6-4-11)7-10-14-9-2-8-13/h2,8,11-12,14H,3-7,9-10H2,1H3/b8-2+. The Balaban J connectivity index is 1.96. The zero-order valence-corrected chi connectivity index (χ0v) is 9.89. The van der Waals surface area contributed by atoms with E-state index in [2.05, 4.69) is 12.2 Å². The zero-order valence-electron chi connectivity index (χ0n) is 9.14. The lowest BCUT2D eigenvalue weighted by Gasteiger charge is -2.26. The summed E-state index contributed by atoms with van der Waals surface area (Å²) in [5, 5.41) is 3.37. The Morgan fingerprint density at radius 1 is 1.29 bits per heavy atom. The average molecular weight is 216 g/mol. The first-order valence-corrected chi connectivity index (χ1v) is 6.22. The molecule has 0 aromatic rings. The van der Waals surface area contributed by atoms with Crippen molar-refractivity contribution in [3.8, 4) is 0 Å². The Hall–Kier alpha value is -0.0100. The quantitative estimate of drug-likeness (QED) is 0.692. The molecule has 0 bridgehead atoms. The highest BCUT2D eigenvalue weighted by molar-refractivity contribution is 6.25. The molecule has 1 saturated carbocycles. The van der Waals surface area contributed by atoms with E-state index in [4.69, 9.17) is 11.6 Å². The SMILES string of the molecule is CC1CCC(CCNC/C=C/Cl)CC1. The Morgan fingerprint density at radius 2 is 2.00 bits per heavy atom. The van der Waals surface area contributed by atoms with Gasteiger partial charge in [0.15, 0.2) is 0 Å². The third-order valence-corrected chi connectivity index (χ3v) is 3.39. The number of rotatable bonds is 5. The summed E-state index contributed by atoms with van der Waals surface area (Å²) in [6, 6.07) is 0. The predicted molar refractivity (Wildman–Crippen MR) is 63.6 cm³/mol. The second-order valence-corrected chi connectivity index (χ2v) is 4.73. The van der Waals surface area contributed by atoms with Crippen molar-refractivity contribution in [2.45, 2.75) is 39.0 Å². The van der Waals surface area contributed by atoms with E-state index in [-0.39, 0.29) is 0 Å². The summed E-state index contributed by atoms with van der Waals surface area (Å²) in [4.78, 5) is 0. The largest absolute Gasteiger partial charge is 0.313 e. The van der Waals surface area contributed by atoms with Crippen LogP contribution < -0.4 is 5.32 Å². The van der Waals surface area contributed by atoms with Gasteiger partial charge in [0.25, 0.3) is 0 Å². The average Bonchev–Trinajstić information content (AvgIpc) is 2.21. The van der Waals surface area contributed by atoms with E-state index < -0.39 is 0 Å². The topological polar surface area (TPSA) is 12.0 Å². The molecule has 0 atom stereocenters. The zero-order chi connectivity index (χ0) is 10.2. The van der Waals surface area contributed by atoms with E-state index in [0.29, 0.717) is 0 Å². The first kappa shape index (κ1) is 12.1. The minimum atomic E-state index is 0.909. The molecule has 0 aromatic carbocycles. The summed E-state index contributed by atoms with van der Waals surface area (Å²) in [5.74, 6) is 1.94. The van der Waals surface area contributed by atoms with Crippen molar-refractivity contribution in [1.29, 1.82) is 0 Å². The predicted octanol–water partition coefficient (Wildman–Crippen LogP) is 3.54. The molecule has 0 aliphatic heterocycles. The van der Waals surface area contributed by atoms with Crippen LogP contribution in [0.15, 0.2) is 11.6 Å². The third kappa shape index (κ3) is 5.02. The molecule has 0 saturated heterocycles. The van der Waals surface area contributed by atoms with Crippen LogP contribution in [0.4, 0.5) is 0 Å². The van der Waals surface area contributed by atoms with Gasteiger partial charge in [-0.2, -0.15) is 0 Å². The molecule has 1 nitrogen and oxygen atoms in total. The van der Waals surface area contributed by atoms with Crippen molar-refractivity contribution >= 4 is 11.6 Å². The molecule has 2 heteroatoms. The van der Waals surface area contributed by atoms with Crippen LogP contribution >= 0.6 is 11.6 Å². The van der Waals surface area contributed by atoms with E-state index in [1.54, 1.807) is 5.54 Å². The number of hydrogen-bond donors (Lipinski definition) is 1. The highest BCUT2D eigenvalue weighted by Crippen LogP contribution is 2.29. The maximum Gasteiger partial charge on any atom is 0.0146 e. The first-order chi connectivity index (χ1) is 6.83. The Labute approximate surface area is 92.9 Å². The summed E-state index contributed by atoms with van der Waals surface area (Å²) in [5.41, 5.74) is 1.58. The molecule has 1 rings (SSSR count). The molecule has 0 spiro atoms. The number of nitrogens with one attached hydrogen (secondary N) is 1. The van der Waals surface area contributed by atoms with Gasteiger partial charge in [0, 0.05) is 12.1 Å². The molecule has 14 heavy (non-hydrogen) atoms. The molecule has 1 fully saturated rings. The molecular weight excluding hydrogens is 194 g/mol. The minimum absolute atomic E-state index is 0.909. The van der Waals surface area contributed by atoms with Crippen LogP contribution in [0.5, 0.6) is 0 Å². The molecule has 1 N–H and O–H groups in total. The van der Waals surface area contributed by atoms with Crippen LogP contribution in [0.1, 0.15) is 39.0 Å². The van der Waals surface area contributed by atoms with Gasteiger partial charge in [-0.15, -0.1) is 0 Å². The van der Waals surface area contributed by atoms with Gasteiger partial charge < -0.3 is 5.32 Å². The molecule has 0 heterocycles. The molecule has 82 valence electrons. The number of halogens is 1. The molecule has 1 aliphatic rings. The molecule has 1 aliphatic carbocycles. The fraction of sp³-hybridized carbons (Fsp3) is 0.833. The normalized spacial score (nSPS) is 28.4. The van der Waals surface area contributed by atoms with Crippen molar-refractivity contribution in [3.05, 3.63) is 11.6 Å². The summed E-state index contributed by atoms with van der Waals surface area (Å²) in [6.07, 6.45) is 9.04. The lowest BCUT2D eigenvalue weighted by atomic mass is 9.81. The van der Waals surface area contributed by atoms with Crippen LogP contribution in [-0.4, -0.2) is 13.1 Å². The highest BCUT2D eigenvalue weighted by atomic mass is 35.5. The van der Waals surface area contributed by atoms with Gasteiger partial charge in [-0.25, -0.2) is 0 Å². The number of hydrogen-bond acceptors (Lipinski definition) is 1. The first-order valence-electron chi connectivity index (χ1n) is 5.79. The minimum Gasteiger partial charge on any atom is -0.313 e. The van der Waals surface area contributed by atoms with Gasteiger partial charge in [0.2, 0.25) is 0 Å². The van der Waals surface area contributed by atoms with Crippen LogP contribution in [0.25, 0.3) is 0 Å². The van der Waals surface area contributed by atoms with Crippen LogP contribution in [0, 0.1) is 11.8 Å². The maximum absolute atomic E-state index is 5.42. The third-order valence-electron chi connectivity index (χ3n) is 3.22. The smallest absolute Gasteiger partial charge is 0.0146 e. The fourth-order valence-corrected chi connectivity index (χ4v) is 2.24. The Kier molecular flexibility index (Phi) is 6.29. The van der Waals surface area contributed by atoms with E-state index in [0.717, 1.165) is 24.9 Å². The Morgan fingerprint density at radius 3 is 2.64 bits per heavy atom. The summed E-state index contributed by atoms with van der Waals surface area (Å²) >= 11 is 5.42. The fourth-order valence-electron chi connectivity index (χ4n) is 2.15. The van der Waals surface area contributed by atoms with Crippen molar-refractivity contribution in [3.63, 3.8) is 0 Å². The van der Waals surface area contributed by atoms with Gasteiger partial charge in [0.05, 0.1) is 0 Å².